The molecule has 2 rings (SSSR count). The van der Waals surface area contributed by atoms with Crippen LogP contribution in [0.3, 0.4) is 0 Å². The molecule has 0 fully saturated rings. The lowest BCUT2D eigenvalue weighted by molar-refractivity contribution is 0.913. The van der Waals surface area contributed by atoms with Crippen LogP contribution in [0.5, 0.6) is 0 Å². The molecule has 0 bridgehead atoms. The maximum Gasteiger partial charge on any atom is 0.186 e. The molecule has 2 nitrogen and oxygen atoms in total. The fourth-order valence-corrected chi connectivity index (χ4v) is 2.69. The van der Waals surface area contributed by atoms with Crippen LogP contribution < -0.4 is 4.90 Å². The number of hydrogen-bond acceptors (Lipinski definition) is 3. The van der Waals surface area contributed by atoms with Gasteiger partial charge in [-0.3, -0.25) is 0 Å². The van der Waals surface area contributed by atoms with Crippen LogP contribution in [0.15, 0.2) is 34.2 Å². The summed E-state index contributed by atoms with van der Waals surface area (Å²) >= 11 is 10.8. The van der Waals surface area contributed by atoms with Gasteiger partial charge in [0.05, 0.1) is 0 Å². The number of benzene rings is 1. The smallest absolute Gasteiger partial charge is 0.186 e. The molecule has 0 saturated carbocycles. The zero-order chi connectivity index (χ0) is 11.5. The lowest BCUT2D eigenvalue weighted by atomic mass is 10.2. The van der Waals surface area contributed by atoms with E-state index in [9.17, 15) is 0 Å². The zero-order valence-corrected chi connectivity index (χ0v) is 11.8. The van der Waals surface area contributed by atoms with Crippen LogP contribution in [0.25, 0.3) is 0 Å². The largest absolute Gasteiger partial charge is 0.347 e. The van der Waals surface area contributed by atoms with Gasteiger partial charge in [0.2, 0.25) is 0 Å². The van der Waals surface area contributed by atoms with Gasteiger partial charge in [-0.05, 0) is 33.6 Å². The van der Waals surface area contributed by atoms with Crippen molar-refractivity contribution in [2.24, 2.45) is 0 Å². The van der Waals surface area contributed by atoms with E-state index in [0.29, 0.717) is 0 Å². The number of aromatic nitrogens is 1. The third-order valence-electron chi connectivity index (χ3n) is 2.12. The van der Waals surface area contributed by atoms with E-state index in [1.54, 1.807) is 11.3 Å². The van der Waals surface area contributed by atoms with E-state index in [-0.39, 0.29) is 0 Å². The average molecular weight is 318 g/mol. The second-order valence-corrected chi connectivity index (χ2v) is 5.52. The predicted octanol–water partition coefficient (Wildman–Crippen LogP) is 4.20. The second-order valence-electron chi connectivity index (χ2n) is 3.44. The molecule has 5 heteroatoms. The van der Waals surface area contributed by atoms with Crippen molar-refractivity contribution in [2.75, 3.05) is 11.9 Å². The van der Waals surface area contributed by atoms with E-state index in [1.165, 1.54) is 5.56 Å². The predicted molar refractivity (Wildman–Crippen MR) is 73.4 cm³/mol. The first-order chi connectivity index (χ1) is 7.65. The Bertz CT molecular complexity index is 469. The normalized spacial score (nSPS) is 10.4. The molecule has 0 N–H and O–H groups in total. The summed E-state index contributed by atoms with van der Waals surface area (Å²) < 4.78 is 0.885. The zero-order valence-electron chi connectivity index (χ0n) is 8.65. The van der Waals surface area contributed by atoms with E-state index >= 15 is 0 Å². The molecule has 0 radical (unpaired) electrons. The minimum absolute atomic E-state index is 0.767. The van der Waals surface area contributed by atoms with Crippen molar-refractivity contribution in [1.29, 1.82) is 0 Å². The van der Waals surface area contributed by atoms with Gasteiger partial charge in [-0.2, -0.15) is 0 Å². The van der Waals surface area contributed by atoms with Gasteiger partial charge in [0, 0.05) is 24.0 Å². The van der Waals surface area contributed by atoms with Gasteiger partial charge in [0.15, 0.2) is 5.13 Å². The molecule has 16 heavy (non-hydrogen) atoms. The quantitative estimate of drug-likeness (QED) is 0.843. The molecular formula is C11H10BrClN2S. The standard InChI is InChI=1S/C11H10BrClN2S/c1-15(11-14-10(12)7-16-11)6-8-2-4-9(13)5-3-8/h2-5,7H,6H2,1H3. The number of thiazole rings is 1. The fraction of sp³-hybridized carbons (Fsp3) is 0.182. The molecule has 1 aromatic heterocycles. The summed E-state index contributed by atoms with van der Waals surface area (Å²) in [5, 5.41) is 3.75. The van der Waals surface area contributed by atoms with E-state index < -0.39 is 0 Å². The van der Waals surface area contributed by atoms with Crippen molar-refractivity contribution < 1.29 is 0 Å². The highest BCUT2D eigenvalue weighted by Crippen LogP contribution is 2.24. The molecule has 0 unspecified atom stereocenters. The number of anilines is 1. The number of rotatable bonds is 3. The van der Waals surface area contributed by atoms with E-state index in [2.05, 4.69) is 25.8 Å². The first-order valence-electron chi connectivity index (χ1n) is 4.72. The average Bonchev–Trinajstić information content (AvgIpc) is 2.68. The van der Waals surface area contributed by atoms with Gasteiger partial charge in [-0.15, -0.1) is 11.3 Å². The van der Waals surface area contributed by atoms with Crippen LogP contribution in [-0.4, -0.2) is 12.0 Å². The minimum atomic E-state index is 0.767. The molecule has 1 aromatic carbocycles. The SMILES string of the molecule is CN(Cc1ccc(Cl)cc1)c1nc(Br)cs1. The third kappa shape index (κ3) is 2.97. The summed E-state index contributed by atoms with van der Waals surface area (Å²) in [6.45, 7) is 0.830. The Morgan fingerprint density at radius 2 is 2.06 bits per heavy atom. The highest BCUT2D eigenvalue weighted by atomic mass is 79.9. The fourth-order valence-electron chi connectivity index (χ4n) is 1.35. The second kappa shape index (κ2) is 5.17. The molecular weight excluding hydrogens is 308 g/mol. The minimum Gasteiger partial charge on any atom is -0.347 e. The Balaban J connectivity index is 2.07. The van der Waals surface area contributed by atoms with Gasteiger partial charge in [0.25, 0.3) is 0 Å². The van der Waals surface area contributed by atoms with Crippen LogP contribution in [0, 0.1) is 0 Å². The number of hydrogen-bond donors (Lipinski definition) is 0. The van der Waals surface area contributed by atoms with Crippen molar-refractivity contribution in [1.82, 2.24) is 4.98 Å². The lowest BCUT2D eigenvalue weighted by Gasteiger charge is -2.15. The Kier molecular flexibility index (Phi) is 3.84. The van der Waals surface area contributed by atoms with Gasteiger partial charge in [0.1, 0.15) is 4.60 Å². The summed E-state index contributed by atoms with van der Waals surface area (Å²) in [7, 11) is 2.03. The molecule has 0 atom stereocenters. The topological polar surface area (TPSA) is 16.1 Å². The monoisotopic (exact) mass is 316 g/mol. The van der Waals surface area contributed by atoms with Crippen molar-refractivity contribution in [3.8, 4) is 0 Å². The van der Waals surface area contributed by atoms with Crippen molar-refractivity contribution in [2.45, 2.75) is 6.54 Å². The highest BCUT2D eigenvalue weighted by Gasteiger charge is 2.06. The van der Waals surface area contributed by atoms with E-state index in [1.807, 2.05) is 36.7 Å². The van der Waals surface area contributed by atoms with Crippen LogP contribution in [0.1, 0.15) is 5.56 Å². The van der Waals surface area contributed by atoms with Gasteiger partial charge in [-0.25, -0.2) is 4.98 Å². The Hall–Kier alpha value is -0.580. The summed E-state index contributed by atoms with van der Waals surface area (Å²) in [6.07, 6.45) is 0. The number of halogens is 2. The Morgan fingerprint density at radius 3 is 2.62 bits per heavy atom. The summed E-state index contributed by atoms with van der Waals surface area (Å²) in [5.74, 6) is 0. The molecule has 1 heterocycles. The van der Waals surface area contributed by atoms with Gasteiger partial charge >= 0.3 is 0 Å². The molecule has 0 aliphatic rings. The summed E-state index contributed by atoms with van der Waals surface area (Å²) in [5.41, 5.74) is 1.22. The molecule has 0 saturated heterocycles. The molecule has 2 aromatic rings. The van der Waals surface area contributed by atoms with Crippen molar-refractivity contribution in [3.05, 3.63) is 44.8 Å². The molecule has 0 amide bonds. The first-order valence-corrected chi connectivity index (χ1v) is 6.77. The molecule has 0 spiro atoms. The van der Waals surface area contributed by atoms with Gasteiger partial charge in [-0.1, -0.05) is 23.7 Å². The Labute approximate surface area is 112 Å². The first kappa shape index (κ1) is 11.9. The Morgan fingerprint density at radius 1 is 1.38 bits per heavy atom. The van der Waals surface area contributed by atoms with Crippen molar-refractivity contribution in [3.63, 3.8) is 0 Å². The molecule has 0 aliphatic heterocycles. The molecule has 0 aliphatic carbocycles. The lowest BCUT2D eigenvalue weighted by Crippen LogP contribution is -2.15. The van der Waals surface area contributed by atoms with Crippen LogP contribution in [0.2, 0.25) is 5.02 Å². The maximum absolute atomic E-state index is 5.84. The van der Waals surface area contributed by atoms with Crippen LogP contribution in [-0.2, 0) is 6.54 Å². The van der Waals surface area contributed by atoms with E-state index in [4.69, 9.17) is 11.6 Å². The number of nitrogens with zero attached hydrogens (tertiary/aromatic N) is 2. The van der Waals surface area contributed by atoms with Crippen LogP contribution >= 0.6 is 38.9 Å². The van der Waals surface area contributed by atoms with E-state index in [0.717, 1.165) is 21.3 Å². The summed E-state index contributed by atoms with van der Waals surface area (Å²) in [4.78, 5) is 6.47. The van der Waals surface area contributed by atoms with Gasteiger partial charge < -0.3 is 4.90 Å². The van der Waals surface area contributed by atoms with Crippen LogP contribution in [0.4, 0.5) is 5.13 Å². The molecule has 84 valence electrons. The third-order valence-corrected chi connectivity index (χ3v) is 4.04. The maximum atomic E-state index is 5.84. The highest BCUT2D eigenvalue weighted by molar-refractivity contribution is 9.10. The summed E-state index contributed by atoms with van der Waals surface area (Å²) in [6, 6.07) is 7.87. The van der Waals surface area contributed by atoms with Crippen molar-refractivity contribution >= 4 is 44.0 Å².